The molecule has 0 N–H and O–H groups in total. The fourth-order valence-corrected chi connectivity index (χ4v) is 8.36. The summed E-state index contributed by atoms with van der Waals surface area (Å²) in [5.41, 5.74) is 16.7. The third-order valence-electron chi connectivity index (χ3n) is 11.6. The van der Waals surface area contributed by atoms with Crippen LogP contribution in [0.15, 0.2) is 133 Å². The summed E-state index contributed by atoms with van der Waals surface area (Å²) >= 11 is 0. The molecule has 0 aromatic heterocycles. The monoisotopic (exact) mass is 756 g/mol. The molecule has 58 heavy (non-hydrogen) atoms. The van der Waals surface area contributed by atoms with Crippen LogP contribution in [-0.2, 0) is 0 Å². The zero-order valence-corrected chi connectivity index (χ0v) is 33.2. The Morgan fingerprint density at radius 2 is 0.603 bits per heavy atom. The average Bonchev–Trinajstić information content (AvgIpc) is 3.61. The lowest BCUT2D eigenvalue weighted by Crippen LogP contribution is -2.30. The molecule has 4 amide bonds. The van der Waals surface area contributed by atoms with Crippen LogP contribution in [0.2, 0.25) is 0 Å². The van der Waals surface area contributed by atoms with E-state index >= 15 is 0 Å². The zero-order chi connectivity index (χ0) is 40.6. The Labute approximate surface area is 338 Å². The largest absolute Gasteiger partial charge is 0.268 e. The summed E-state index contributed by atoms with van der Waals surface area (Å²) in [5.74, 6) is -1.28. The van der Waals surface area contributed by atoms with Crippen LogP contribution in [-0.4, -0.2) is 23.6 Å². The Morgan fingerprint density at radius 1 is 0.276 bits per heavy atom. The van der Waals surface area contributed by atoms with Gasteiger partial charge in [-0.2, -0.15) is 0 Å². The molecule has 0 saturated heterocycles. The molecule has 0 saturated carbocycles. The SMILES string of the molecule is Cc1ccc(-c2ccc3c(c2)C(=O)N(c2ccc(-c4cc(C)c(-c5ccc(N6C(=O)c7ccc(-c8ccc(C)cc8)cc7C6=O)c(C)c5)cc4C)cc2C)C3=O)cc1. The standard InChI is InChI=1S/C52H40N2O4/c1-29-7-11-35(12-8-29)37-15-19-41-45(27-37)51(57)53(49(41)55)47-21-17-39(23-33(47)5)43-25-32(4)44(26-31(43)3)40-18-22-48(34(6)24-40)54-50(56)42-20-16-38(28-46(42)52(54)58)36-13-9-30(2)10-14-36/h7-28H,1-6H3. The highest BCUT2D eigenvalue weighted by Gasteiger charge is 2.39. The minimum Gasteiger partial charge on any atom is -0.268 e. The second-order valence-electron chi connectivity index (χ2n) is 15.6. The third-order valence-corrected chi connectivity index (χ3v) is 11.6. The molecule has 6 nitrogen and oxygen atoms in total. The molecule has 0 bridgehead atoms. The number of nitrogens with zero attached hydrogens (tertiary/aromatic N) is 2. The number of hydrogen-bond acceptors (Lipinski definition) is 4. The lowest BCUT2D eigenvalue weighted by Gasteiger charge is -2.20. The number of fused-ring (bicyclic) bond motifs is 2. The summed E-state index contributed by atoms with van der Waals surface area (Å²) in [6, 6.07) is 43.2. The van der Waals surface area contributed by atoms with Gasteiger partial charge in [0.15, 0.2) is 0 Å². The van der Waals surface area contributed by atoms with Crippen molar-refractivity contribution in [3.63, 3.8) is 0 Å². The quantitative estimate of drug-likeness (QED) is 0.158. The number of carbonyl (C=O) groups is 4. The van der Waals surface area contributed by atoms with Crippen LogP contribution in [0, 0.1) is 41.5 Å². The molecular formula is C52H40N2O4. The number of rotatable bonds is 6. The van der Waals surface area contributed by atoms with E-state index in [4.69, 9.17) is 0 Å². The van der Waals surface area contributed by atoms with Crippen molar-refractivity contribution in [3.05, 3.63) is 189 Å². The lowest BCUT2D eigenvalue weighted by molar-refractivity contribution is 0.0910. The fraction of sp³-hybridized carbons (Fsp3) is 0.115. The molecule has 0 radical (unpaired) electrons. The molecule has 6 heteroatoms. The van der Waals surface area contributed by atoms with Gasteiger partial charge in [-0.1, -0.05) is 96.1 Å². The van der Waals surface area contributed by atoms with E-state index in [1.807, 2.05) is 137 Å². The van der Waals surface area contributed by atoms with Crippen LogP contribution in [0.5, 0.6) is 0 Å². The first-order valence-corrected chi connectivity index (χ1v) is 19.4. The van der Waals surface area contributed by atoms with Gasteiger partial charge in [-0.25, -0.2) is 9.80 Å². The molecule has 0 fully saturated rings. The smallest absolute Gasteiger partial charge is 0.266 e. The summed E-state index contributed by atoms with van der Waals surface area (Å²) < 4.78 is 0. The highest BCUT2D eigenvalue weighted by Crippen LogP contribution is 2.39. The molecule has 0 unspecified atom stereocenters. The number of aryl methyl sites for hydroxylation is 6. The van der Waals surface area contributed by atoms with Crippen LogP contribution in [0.3, 0.4) is 0 Å². The second-order valence-corrected chi connectivity index (χ2v) is 15.6. The van der Waals surface area contributed by atoms with Gasteiger partial charge < -0.3 is 0 Å². The van der Waals surface area contributed by atoms with Gasteiger partial charge >= 0.3 is 0 Å². The van der Waals surface area contributed by atoms with Gasteiger partial charge in [0, 0.05) is 0 Å². The van der Waals surface area contributed by atoms with E-state index in [-0.39, 0.29) is 23.6 Å². The van der Waals surface area contributed by atoms with Gasteiger partial charge in [0.1, 0.15) is 0 Å². The first-order chi connectivity index (χ1) is 27.9. The van der Waals surface area contributed by atoms with E-state index in [0.717, 1.165) is 77.9 Å². The van der Waals surface area contributed by atoms with E-state index in [0.29, 0.717) is 33.6 Å². The average molecular weight is 757 g/mol. The number of benzene rings is 7. The van der Waals surface area contributed by atoms with E-state index in [1.165, 1.54) is 9.80 Å². The van der Waals surface area contributed by atoms with Gasteiger partial charge in [-0.15, -0.1) is 0 Å². The van der Waals surface area contributed by atoms with E-state index in [1.54, 1.807) is 12.1 Å². The maximum absolute atomic E-state index is 13.8. The van der Waals surface area contributed by atoms with Crippen molar-refractivity contribution in [2.45, 2.75) is 41.5 Å². The molecule has 0 atom stereocenters. The molecule has 2 aliphatic heterocycles. The Morgan fingerprint density at radius 3 is 0.966 bits per heavy atom. The minimum absolute atomic E-state index is 0.320. The van der Waals surface area contributed by atoms with Crippen LogP contribution in [0.25, 0.3) is 44.5 Å². The second kappa shape index (κ2) is 13.8. The molecule has 0 spiro atoms. The van der Waals surface area contributed by atoms with Crippen LogP contribution in [0.1, 0.15) is 74.8 Å². The molecule has 9 rings (SSSR count). The van der Waals surface area contributed by atoms with Crippen molar-refractivity contribution >= 4 is 35.0 Å². The van der Waals surface area contributed by atoms with Gasteiger partial charge in [-0.05, 0) is 157 Å². The zero-order valence-electron chi connectivity index (χ0n) is 33.2. The van der Waals surface area contributed by atoms with Gasteiger partial charge in [0.2, 0.25) is 0 Å². The normalized spacial score (nSPS) is 13.4. The molecule has 2 heterocycles. The summed E-state index contributed by atoms with van der Waals surface area (Å²) in [6.45, 7) is 12.1. The minimum atomic E-state index is -0.322. The van der Waals surface area contributed by atoms with Crippen molar-refractivity contribution < 1.29 is 19.2 Å². The summed E-state index contributed by atoms with van der Waals surface area (Å²) in [6.07, 6.45) is 0. The van der Waals surface area contributed by atoms with Crippen molar-refractivity contribution in [1.82, 2.24) is 0 Å². The van der Waals surface area contributed by atoms with E-state index in [2.05, 4.69) is 26.0 Å². The predicted molar refractivity (Wildman–Crippen MR) is 232 cm³/mol. The summed E-state index contributed by atoms with van der Waals surface area (Å²) in [7, 11) is 0. The Kier molecular flexibility index (Phi) is 8.66. The topological polar surface area (TPSA) is 74.8 Å². The molecule has 0 aliphatic carbocycles. The maximum Gasteiger partial charge on any atom is 0.266 e. The van der Waals surface area contributed by atoms with Crippen LogP contribution in [0.4, 0.5) is 11.4 Å². The van der Waals surface area contributed by atoms with Gasteiger partial charge in [0.25, 0.3) is 23.6 Å². The summed E-state index contributed by atoms with van der Waals surface area (Å²) in [4.78, 5) is 57.4. The Bertz CT molecular complexity index is 2720. The highest BCUT2D eigenvalue weighted by molar-refractivity contribution is 6.35. The van der Waals surface area contributed by atoms with Gasteiger partial charge in [0.05, 0.1) is 33.6 Å². The molecule has 2 aliphatic rings. The Balaban J connectivity index is 0.963. The number of carbonyl (C=O) groups excluding carboxylic acids is 4. The molecule has 7 aromatic carbocycles. The van der Waals surface area contributed by atoms with E-state index in [9.17, 15) is 19.2 Å². The first kappa shape index (κ1) is 36.5. The van der Waals surface area contributed by atoms with Crippen LogP contribution >= 0.6 is 0 Å². The van der Waals surface area contributed by atoms with Crippen molar-refractivity contribution in [1.29, 1.82) is 0 Å². The number of anilines is 2. The number of imide groups is 2. The molecular weight excluding hydrogens is 717 g/mol. The van der Waals surface area contributed by atoms with E-state index < -0.39 is 0 Å². The number of amides is 4. The van der Waals surface area contributed by atoms with Gasteiger partial charge in [-0.3, -0.25) is 19.2 Å². The van der Waals surface area contributed by atoms with Crippen molar-refractivity contribution in [2.24, 2.45) is 0 Å². The fourth-order valence-electron chi connectivity index (χ4n) is 8.36. The van der Waals surface area contributed by atoms with Crippen molar-refractivity contribution in [3.8, 4) is 44.5 Å². The van der Waals surface area contributed by atoms with Crippen LogP contribution < -0.4 is 9.80 Å². The highest BCUT2D eigenvalue weighted by atomic mass is 16.2. The molecule has 282 valence electrons. The Hall–Kier alpha value is -7.18. The molecule has 7 aromatic rings. The third kappa shape index (κ3) is 5.96. The van der Waals surface area contributed by atoms with Crippen molar-refractivity contribution in [2.75, 3.05) is 9.80 Å². The predicted octanol–water partition coefficient (Wildman–Crippen LogP) is 11.8. The first-order valence-electron chi connectivity index (χ1n) is 19.4. The maximum atomic E-state index is 13.8. The summed E-state index contributed by atoms with van der Waals surface area (Å²) in [5, 5.41) is 0. The number of hydrogen-bond donors (Lipinski definition) is 0. The lowest BCUT2D eigenvalue weighted by atomic mass is 9.90.